The maximum Gasteiger partial charge on any atom is 0.511 e. The number of carbonyl (C=O) groups excluding carboxylic acids is 1. The van der Waals surface area contributed by atoms with Crippen LogP contribution in [0.1, 0.15) is 18.0 Å². The van der Waals surface area contributed by atoms with E-state index in [1.165, 1.54) is 37.6 Å². The zero-order valence-electron chi connectivity index (χ0n) is 13.5. The van der Waals surface area contributed by atoms with E-state index in [0.29, 0.717) is 16.9 Å². The van der Waals surface area contributed by atoms with Gasteiger partial charge in [-0.25, -0.2) is 4.79 Å². The molecule has 1 heterocycles. The monoisotopic (exact) mass is 357 g/mol. The summed E-state index contributed by atoms with van der Waals surface area (Å²) >= 11 is 0. The molecule has 0 amide bonds. The van der Waals surface area contributed by atoms with Crippen LogP contribution in [0.25, 0.3) is 0 Å². The third-order valence-corrected chi connectivity index (χ3v) is 3.96. The van der Waals surface area contributed by atoms with E-state index >= 15 is 0 Å². The highest BCUT2D eigenvalue weighted by Crippen LogP contribution is 2.37. The van der Waals surface area contributed by atoms with Crippen LogP contribution in [0.5, 0.6) is 5.75 Å². The summed E-state index contributed by atoms with van der Waals surface area (Å²) < 4.78 is 9.58. The summed E-state index contributed by atoms with van der Waals surface area (Å²) in [5, 5.41) is 24.5. The molecule has 9 nitrogen and oxygen atoms in total. The van der Waals surface area contributed by atoms with Crippen LogP contribution in [0.2, 0.25) is 0 Å². The Morgan fingerprint density at radius 1 is 1.35 bits per heavy atom. The number of Topliss-reactive ketones (excluding diaryl/α,β-unsaturated/α-hetero) is 1. The second kappa shape index (κ2) is 6.71. The molecule has 1 aromatic rings. The molecule has 1 radical (unpaired) electrons. The minimum atomic E-state index is -1.46. The van der Waals surface area contributed by atoms with Gasteiger partial charge in [-0.15, -0.1) is 0 Å². The second-order valence-electron chi connectivity index (χ2n) is 5.51. The average Bonchev–Trinajstić information content (AvgIpc) is 2.60. The molecule has 1 aromatic carbocycles. The number of hydrogen-bond acceptors (Lipinski definition) is 6. The lowest BCUT2D eigenvalue weighted by molar-refractivity contribution is -0.432. The van der Waals surface area contributed by atoms with E-state index in [1.54, 1.807) is 6.08 Å². The van der Waals surface area contributed by atoms with Gasteiger partial charge in [0.05, 0.1) is 18.5 Å². The predicted molar refractivity (Wildman–Crippen MR) is 86.8 cm³/mol. The molecule has 133 valence electrons. The first-order valence-electron chi connectivity index (χ1n) is 7.48. The van der Waals surface area contributed by atoms with Gasteiger partial charge in [-0.05, 0) is 23.8 Å². The number of allylic oxidation sites excluding steroid dienone is 4. The number of nitro groups is 1. The van der Waals surface area contributed by atoms with Crippen molar-refractivity contribution in [3.63, 3.8) is 0 Å². The van der Waals surface area contributed by atoms with Gasteiger partial charge in [0.25, 0.3) is 5.70 Å². The quantitative estimate of drug-likeness (QED) is 0.379. The van der Waals surface area contributed by atoms with Gasteiger partial charge >= 0.3 is 6.16 Å². The largest absolute Gasteiger partial charge is 0.511 e. The molecule has 1 aliphatic heterocycles. The van der Waals surface area contributed by atoms with Crippen molar-refractivity contribution in [1.82, 2.24) is 5.32 Å². The summed E-state index contributed by atoms with van der Waals surface area (Å²) in [6.45, 7) is 0. The van der Waals surface area contributed by atoms with Crippen molar-refractivity contribution in [2.45, 2.75) is 12.5 Å². The van der Waals surface area contributed by atoms with Crippen LogP contribution in [0, 0.1) is 10.1 Å². The number of ether oxygens (including phenoxy) is 2. The first kappa shape index (κ1) is 17.2. The van der Waals surface area contributed by atoms with Gasteiger partial charge in [0.2, 0.25) is 0 Å². The molecule has 1 unspecified atom stereocenters. The number of rotatable bonds is 4. The normalized spacial score (nSPS) is 19.0. The summed E-state index contributed by atoms with van der Waals surface area (Å²) in [4.78, 5) is 34.0. The standard InChI is InChI=1S/C17H13N2O7/c1-25-12-6-10-8-18-15(16(19(23)24)14(10)13(20)7-12)9-2-4-11(5-3-9)26-17(21)22/h2-6,8,15H,7H2,1H3,(H,21,22). The van der Waals surface area contributed by atoms with Crippen molar-refractivity contribution in [3.8, 4) is 5.75 Å². The lowest BCUT2D eigenvalue weighted by atomic mass is 9.86. The highest BCUT2D eigenvalue weighted by Gasteiger charge is 2.40. The van der Waals surface area contributed by atoms with E-state index in [1.807, 2.05) is 0 Å². The van der Waals surface area contributed by atoms with Gasteiger partial charge in [0.15, 0.2) is 11.8 Å². The fourth-order valence-electron chi connectivity index (χ4n) is 2.84. The molecular weight excluding hydrogens is 344 g/mol. The summed E-state index contributed by atoms with van der Waals surface area (Å²) in [6, 6.07) is 4.69. The number of methoxy groups -OCH3 is 1. The molecule has 1 N–H and O–H groups in total. The number of ketones is 1. The Morgan fingerprint density at radius 2 is 2.04 bits per heavy atom. The molecular formula is C17H13N2O7. The Bertz CT molecular complexity index is 881. The minimum absolute atomic E-state index is 0.0154. The molecule has 0 aromatic heterocycles. The van der Waals surface area contributed by atoms with Gasteiger partial charge in [-0.3, -0.25) is 20.2 Å². The predicted octanol–water partition coefficient (Wildman–Crippen LogP) is 2.32. The highest BCUT2D eigenvalue weighted by molar-refractivity contribution is 6.04. The zero-order valence-corrected chi connectivity index (χ0v) is 13.5. The van der Waals surface area contributed by atoms with E-state index in [-0.39, 0.29) is 23.4 Å². The van der Waals surface area contributed by atoms with Crippen molar-refractivity contribution < 1.29 is 29.1 Å². The van der Waals surface area contributed by atoms with E-state index in [4.69, 9.17) is 9.84 Å². The van der Waals surface area contributed by atoms with Crippen LogP contribution in [0.3, 0.4) is 0 Å². The molecule has 0 spiro atoms. The Morgan fingerprint density at radius 3 is 2.62 bits per heavy atom. The Kier molecular flexibility index (Phi) is 4.44. The van der Waals surface area contributed by atoms with Gasteiger partial charge in [0.1, 0.15) is 17.1 Å². The first-order valence-corrected chi connectivity index (χ1v) is 7.48. The van der Waals surface area contributed by atoms with Gasteiger partial charge in [0, 0.05) is 11.8 Å². The molecule has 9 heteroatoms. The molecule has 0 saturated heterocycles. The Balaban J connectivity index is 2.01. The fraction of sp³-hybridized carbons (Fsp3) is 0.176. The molecule has 1 aliphatic carbocycles. The summed E-state index contributed by atoms with van der Waals surface area (Å²) in [5.41, 5.74) is 0.478. The number of nitrogens with zero attached hydrogens (tertiary/aromatic N) is 2. The van der Waals surface area contributed by atoms with Crippen LogP contribution < -0.4 is 10.1 Å². The van der Waals surface area contributed by atoms with E-state index in [0.717, 1.165) is 0 Å². The van der Waals surface area contributed by atoms with Gasteiger partial charge in [-0.1, -0.05) is 12.1 Å². The van der Waals surface area contributed by atoms with Crippen LogP contribution in [0.4, 0.5) is 4.79 Å². The third kappa shape index (κ3) is 3.14. The number of benzene rings is 1. The van der Waals surface area contributed by atoms with Gasteiger partial charge in [-0.2, -0.15) is 0 Å². The summed E-state index contributed by atoms with van der Waals surface area (Å²) in [6.07, 6.45) is 1.45. The summed E-state index contributed by atoms with van der Waals surface area (Å²) in [7, 11) is 1.42. The zero-order chi connectivity index (χ0) is 18.8. The van der Waals surface area contributed by atoms with Gasteiger partial charge < -0.3 is 14.6 Å². The maximum atomic E-state index is 12.4. The second-order valence-corrected chi connectivity index (χ2v) is 5.51. The average molecular weight is 357 g/mol. The van der Waals surface area contributed by atoms with Crippen molar-refractivity contribution in [2.75, 3.05) is 7.11 Å². The Hall–Kier alpha value is -3.62. The lowest BCUT2D eigenvalue weighted by Gasteiger charge is -2.24. The highest BCUT2D eigenvalue weighted by atomic mass is 16.7. The Labute approximate surface area is 147 Å². The number of carboxylic acid groups (broad SMARTS) is 1. The molecule has 1 atom stereocenters. The van der Waals surface area contributed by atoms with Crippen molar-refractivity contribution >= 4 is 11.9 Å². The maximum absolute atomic E-state index is 12.4. The van der Waals surface area contributed by atoms with Crippen molar-refractivity contribution in [2.24, 2.45) is 0 Å². The summed E-state index contributed by atoms with van der Waals surface area (Å²) in [5.74, 6) is 0.0783. The van der Waals surface area contributed by atoms with E-state index < -0.39 is 22.9 Å². The molecule has 26 heavy (non-hydrogen) atoms. The van der Waals surface area contributed by atoms with Crippen molar-refractivity contribution in [3.05, 3.63) is 74.8 Å². The molecule has 3 rings (SSSR count). The molecule has 0 bridgehead atoms. The van der Waals surface area contributed by atoms with Crippen molar-refractivity contribution in [1.29, 1.82) is 0 Å². The molecule has 0 fully saturated rings. The number of fused-ring (bicyclic) bond motifs is 1. The molecule has 2 aliphatic rings. The van der Waals surface area contributed by atoms with E-state index in [2.05, 4.69) is 10.1 Å². The smallest absolute Gasteiger partial charge is 0.501 e. The fourth-order valence-corrected chi connectivity index (χ4v) is 2.84. The van der Waals surface area contributed by atoms with Crippen LogP contribution in [-0.2, 0) is 9.53 Å². The van der Waals surface area contributed by atoms with Crippen LogP contribution in [-0.4, -0.2) is 29.1 Å². The van der Waals surface area contributed by atoms with E-state index in [9.17, 15) is 19.7 Å². The lowest BCUT2D eigenvalue weighted by Crippen LogP contribution is -2.28. The first-order chi connectivity index (χ1) is 12.4. The minimum Gasteiger partial charge on any atom is -0.501 e. The molecule has 0 saturated carbocycles. The van der Waals surface area contributed by atoms with Crippen LogP contribution in [0.15, 0.2) is 59.1 Å². The number of hydrogen-bond donors (Lipinski definition) is 1. The van der Waals surface area contributed by atoms with Crippen LogP contribution >= 0.6 is 0 Å². The SMILES string of the molecule is COC1=CC2=C[N]C(c3ccc(OC(=O)O)cc3)C([N+](=O)[O-])=C2C(=O)C1. The third-order valence-electron chi connectivity index (χ3n) is 3.96. The number of carbonyl (C=O) groups is 2. The topological polar surface area (TPSA) is 130 Å².